The standard InChI is InChI=1S/C13H21N3/c1-4-6-15-12(9-11(3)5-2)13-10-14-7-8-16-13/h7-8,10,12,15H,3-6,9H2,1-2H3. The van der Waals surface area contributed by atoms with E-state index >= 15 is 0 Å². The lowest BCUT2D eigenvalue weighted by atomic mass is 10.0. The maximum absolute atomic E-state index is 4.35. The minimum absolute atomic E-state index is 0.251. The van der Waals surface area contributed by atoms with E-state index in [0.29, 0.717) is 0 Å². The summed E-state index contributed by atoms with van der Waals surface area (Å²) in [6.07, 6.45) is 8.35. The van der Waals surface area contributed by atoms with E-state index in [2.05, 4.69) is 35.7 Å². The van der Waals surface area contributed by atoms with Gasteiger partial charge in [0.2, 0.25) is 0 Å². The summed E-state index contributed by atoms with van der Waals surface area (Å²) >= 11 is 0. The Kier molecular flexibility index (Phi) is 5.72. The van der Waals surface area contributed by atoms with Gasteiger partial charge in [-0.05, 0) is 25.8 Å². The minimum atomic E-state index is 0.251. The van der Waals surface area contributed by atoms with Gasteiger partial charge in [-0.15, -0.1) is 0 Å². The van der Waals surface area contributed by atoms with Crippen LogP contribution in [0.3, 0.4) is 0 Å². The van der Waals surface area contributed by atoms with E-state index in [9.17, 15) is 0 Å². The molecule has 0 aliphatic heterocycles. The van der Waals surface area contributed by atoms with Crippen molar-refractivity contribution in [3.8, 4) is 0 Å². The van der Waals surface area contributed by atoms with Gasteiger partial charge in [0, 0.05) is 18.6 Å². The summed E-state index contributed by atoms with van der Waals surface area (Å²) in [5.41, 5.74) is 2.25. The zero-order valence-corrected chi connectivity index (χ0v) is 10.2. The Hall–Kier alpha value is -1.22. The third-order valence-corrected chi connectivity index (χ3v) is 2.57. The van der Waals surface area contributed by atoms with Crippen molar-refractivity contribution in [1.29, 1.82) is 0 Å². The zero-order valence-electron chi connectivity index (χ0n) is 10.2. The average molecular weight is 219 g/mol. The molecule has 3 heteroatoms. The number of hydrogen-bond acceptors (Lipinski definition) is 3. The van der Waals surface area contributed by atoms with Crippen LogP contribution >= 0.6 is 0 Å². The zero-order chi connectivity index (χ0) is 11.8. The summed E-state index contributed by atoms with van der Waals surface area (Å²) in [5.74, 6) is 0. The molecule has 0 saturated heterocycles. The first kappa shape index (κ1) is 12.8. The van der Waals surface area contributed by atoms with Gasteiger partial charge >= 0.3 is 0 Å². The first-order valence-electron chi connectivity index (χ1n) is 5.93. The van der Waals surface area contributed by atoms with E-state index in [4.69, 9.17) is 0 Å². The van der Waals surface area contributed by atoms with Gasteiger partial charge in [0.15, 0.2) is 0 Å². The summed E-state index contributed by atoms with van der Waals surface area (Å²) in [6, 6.07) is 0.251. The van der Waals surface area contributed by atoms with Crippen LogP contribution in [0.2, 0.25) is 0 Å². The molecule has 1 aromatic rings. The fraction of sp³-hybridized carbons (Fsp3) is 0.538. The fourth-order valence-electron chi connectivity index (χ4n) is 1.52. The molecule has 1 heterocycles. The second-order valence-electron chi connectivity index (χ2n) is 3.94. The summed E-state index contributed by atoms with van der Waals surface area (Å²) < 4.78 is 0. The smallest absolute Gasteiger partial charge is 0.0759 e. The Balaban J connectivity index is 2.67. The van der Waals surface area contributed by atoms with Gasteiger partial charge in [-0.1, -0.05) is 26.0 Å². The van der Waals surface area contributed by atoms with Gasteiger partial charge in [-0.2, -0.15) is 0 Å². The maximum atomic E-state index is 4.35. The Labute approximate surface area is 98.0 Å². The molecular formula is C13H21N3. The van der Waals surface area contributed by atoms with Gasteiger partial charge in [0.25, 0.3) is 0 Å². The van der Waals surface area contributed by atoms with Crippen molar-refractivity contribution in [1.82, 2.24) is 15.3 Å². The van der Waals surface area contributed by atoms with Crippen molar-refractivity contribution in [2.75, 3.05) is 6.54 Å². The molecule has 1 rings (SSSR count). The van der Waals surface area contributed by atoms with Gasteiger partial charge in [-0.25, -0.2) is 0 Å². The molecule has 1 aromatic heterocycles. The molecule has 1 atom stereocenters. The van der Waals surface area contributed by atoms with Gasteiger partial charge in [0.1, 0.15) is 0 Å². The highest BCUT2D eigenvalue weighted by molar-refractivity contribution is 5.08. The molecule has 0 aliphatic rings. The number of nitrogens with one attached hydrogen (secondary N) is 1. The van der Waals surface area contributed by atoms with Crippen LogP contribution in [-0.4, -0.2) is 16.5 Å². The summed E-state index contributed by atoms with van der Waals surface area (Å²) in [6.45, 7) is 9.35. The number of nitrogens with zero attached hydrogens (tertiary/aromatic N) is 2. The highest BCUT2D eigenvalue weighted by atomic mass is 14.9. The second kappa shape index (κ2) is 7.12. The van der Waals surface area contributed by atoms with Crippen LogP contribution < -0.4 is 5.32 Å². The summed E-state index contributed by atoms with van der Waals surface area (Å²) in [4.78, 5) is 8.47. The summed E-state index contributed by atoms with van der Waals surface area (Å²) in [5, 5.41) is 3.49. The molecule has 0 fully saturated rings. The molecule has 3 nitrogen and oxygen atoms in total. The monoisotopic (exact) mass is 219 g/mol. The molecule has 0 aliphatic carbocycles. The molecule has 0 spiro atoms. The Morgan fingerprint density at radius 2 is 2.25 bits per heavy atom. The average Bonchev–Trinajstić information content (AvgIpc) is 2.35. The highest BCUT2D eigenvalue weighted by Gasteiger charge is 2.12. The van der Waals surface area contributed by atoms with Gasteiger partial charge < -0.3 is 5.32 Å². The predicted molar refractivity (Wildman–Crippen MR) is 67.1 cm³/mol. The van der Waals surface area contributed by atoms with E-state index in [1.54, 1.807) is 12.4 Å². The van der Waals surface area contributed by atoms with Crippen molar-refractivity contribution in [3.63, 3.8) is 0 Å². The number of aromatic nitrogens is 2. The lowest BCUT2D eigenvalue weighted by molar-refractivity contribution is 0.511. The van der Waals surface area contributed by atoms with Crippen LogP contribution in [0, 0.1) is 0 Å². The van der Waals surface area contributed by atoms with Gasteiger partial charge in [-0.3, -0.25) is 9.97 Å². The first-order valence-corrected chi connectivity index (χ1v) is 5.93. The molecule has 88 valence electrons. The molecule has 0 saturated carbocycles. The van der Waals surface area contributed by atoms with Crippen LogP contribution in [0.15, 0.2) is 30.7 Å². The highest BCUT2D eigenvalue weighted by Crippen LogP contribution is 2.19. The number of hydrogen-bond donors (Lipinski definition) is 1. The molecule has 0 radical (unpaired) electrons. The SMILES string of the molecule is C=C(CC)CC(NCCC)c1cnccn1. The molecule has 16 heavy (non-hydrogen) atoms. The van der Waals surface area contributed by atoms with E-state index in [1.165, 1.54) is 5.57 Å². The maximum Gasteiger partial charge on any atom is 0.0759 e. The minimum Gasteiger partial charge on any atom is -0.308 e. The van der Waals surface area contributed by atoms with E-state index in [1.807, 2.05) is 6.20 Å². The lowest BCUT2D eigenvalue weighted by Gasteiger charge is -2.18. The molecular weight excluding hydrogens is 198 g/mol. The Morgan fingerprint density at radius 1 is 1.44 bits per heavy atom. The van der Waals surface area contributed by atoms with Crippen LogP contribution in [0.4, 0.5) is 0 Å². The molecule has 0 bridgehead atoms. The van der Waals surface area contributed by atoms with Crippen LogP contribution in [0.1, 0.15) is 44.8 Å². The predicted octanol–water partition coefficient (Wildman–Crippen LogP) is 2.87. The quantitative estimate of drug-likeness (QED) is 0.717. The van der Waals surface area contributed by atoms with Crippen LogP contribution in [-0.2, 0) is 0 Å². The van der Waals surface area contributed by atoms with Crippen molar-refractivity contribution in [3.05, 3.63) is 36.4 Å². The summed E-state index contributed by atoms with van der Waals surface area (Å²) in [7, 11) is 0. The topological polar surface area (TPSA) is 37.8 Å². The largest absolute Gasteiger partial charge is 0.308 e. The van der Waals surface area contributed by atoms with E-state index in [-0.39, 0.29) is 6.04 Å². The van der Waals surface area contributed by atoms with E-state index < -0.39 is 0 Å². The second-order valence-corrected chi connectivity index (χ2v) is 3.94. The molecule has 0 aromatic carbocycles. The first-order chi connectivity index (χ1) is 7.77. The van der Waals surface area contributed by atoms with E-state index in [0.717, 1.165) is 31.5 Å². The van der Waals surface area contributed by atoms with Crippen molar-refractivity contribution < 1.29 is 0 Å². The normalized spacial score (nSPS) is 12.4. The Morgan fingerprint density at radius 3 is 2.81 bits per heavy atom. The Bertz CT molecular complexity index is 308. The molecule has 0 amide bonds. The van der Waals surface area contributed by atoms with Crippen molar-refractivity contribution in [2.24, 2.45) is 0 Å². The fourth-order valence-corrected chi connectivity index (χ4v) is 1.52. The molecule has 1 N–H and O–H groups in total. The van der Waals surface area contributed by atoms with Crippen LogP contribution in [0.5, 0.6) is 0 Å². The third-order valence-electron chi connectivity index (χ3n) is 2.57. The van der Waals surface area contributed by atoms with Crippen LogP contribution in [0.25, 0.3) is 0 Å². The van der Waals surface area contributed by atoms with Crippen molar-refractivity contribution in [2.45, 2.75) is 39.2 Å². The van der Waals surface area contributed by atoms with Crippen molar-refractivity contribution >= 4 is 0 Å². The number of rotatable bonds is 7. The molecule has 1 unspecified atom stereocenters. The van der Waals surface area contributed by atoms with Gasteiger partial charge in [0.05, 0.1) is 11.7 Å². The lowest BCUT2D eigenvalue weighted by Crippen LogP contribution is -2.23. The third kappa shape index (κ3) is 4.11.